The minimum absolute atomic E-state index is 0.00847. The maximum Gasteiger partial charge on any atom is 0.290 e. The molecule has 4 rings (SSSR count). The molecule has 0 saturated carbocycles. The van der Waals surface area contributed by atoms with Crippen LogP contribution in [0.25, 0.3) is 11.0 Å². The molecule has 1 atom stereocenters. The zero-order chi connectivity index (χ0) is 26.0. The maximum atomic E-state index is 13.8. The van der Waals surface area contributed by atoms with Crippen LogP contribution >= 0.6 is 0 Å². The Hall–Kier alpha value is -3.98. The van der Waals surface area contributed by atoms with Gasteiger partial charge >= 0.3 is 0 Å². The number of nitrogens with zero attached hydrogens (tertiary/aromatic N) is 2. The largest absolute Gasteiger partial charge is 0.503 e. The Morgan fingerprint density at radius 3 is 2.42 bits per heavy atom. The van der Waals surface area contributed by atoms with Gasteiger partial charge in [0.15, 0.2) is 34.4 Å². The average molecular weight is 495 g/mol. The van der Waals surface area contributed by atoms with Gasteiger partial charge in [0.1, 0.15) is 0 Å². The molecule has 0 saturated heterocycles. The van der Waals surface area contributed by atoms with Gasteiger partial charge in [-0.15, -0.1) is 0 Å². The molecule has 190 valence electrons. The summed E-state index contributed by atoms with van der Waals surface area (Å²) < 4.78 is 22.3. The van der Waals surface area contributed by atoms with E-state index in [-0.39, 0.29) is 11.3 Å². The van der Waals surface area contributed by atoms with E-state index in [9.17, 15) is 14.7 Å². The number of amides is 1. The standard InChI is InChI=1S/C27H30N2O7/c1-28(2)13-8-14-29-22(17-10-7-12-19(34-4)26(17)35-5)21(24(31)27(29)32)23(30)20-15-16-9-6-11-18(33-3)25(16)36-20/h6-7,9-12,15,22,31H,8,13-14H2,1-5H3/t22-/m0/s1. The lowest BCUT2D eigenvalue weighted by Crippen LogP contribution is -2.33. The van der Waals surface area contributed by atoms with Gasteiger partial charge in [-0.05, 0) is 45.3 Å². The number of benzene rings is 2. The van der Waals surface area contributed by atoms with Crippen LogP contribution in [0.4, 0.5) is 0 Å². The molecule has 0 spiro atoms. The molecule has 9 heteroatoms. The van der Waals surface area contributed by atoms with E-state index in [1.54, 1.807) is 42.5 Å². The molecule has 1 N–H and O–H groups in total. The van der Waals surface area contributed by atoms with Crippen molar-refractivity contribution in [1.82, 2.24) is 9.80 Å². The molecular formula is C27H30N2O7. The van der Waals surface area contributed by atoms with Crippen LogP contribution in [0.3, 0.4) is 0 Å². The Balaban J connectivity index is 1.84. The zero-order valence-electron chi connectivity index (χ0n) is 21.0. The fourth-order valence-electron chi connectivity index (χ4n) is 4.57. The van der Waals surface area contributed by atoms with Gasteiger partial charge in [-0.3, -0.25) is 9.59 Å². The molecule has 1 aromatic heterocycles. The second kappa shape index (κ2) is 10.3. The first-order valence-corrected chi connectivity index (χ1v) is 11.5. The maximum absolute atomic E-state index is 13.8. The lowest BCUT2D eigenvalue weighted by molar-refractivity contribution is -0.129. The quantitative estimate of drug-likeness (QED) is 0.422. The molecule has 9 nitrogen and oxygen atoms in total. The van der Waals surface area contributed by atoms with E-state index >= 15 is 0 Å². The molecule has 2 heterocycles. The fraction of sp³-hybridized carbons (Fsp3) is 0.333. The van der Waals surface area contributed by atoms with Crippen molar-refractivity contribution in [2.24, 2.45) is 0 Å². The first kappa shape index (κ1) is 25.1. The normalized spacial score (nSPS) is 15.8. The predicted octanol–water partition coefficient (Wildman–Crippen LogP) is 3.99. The van der Waals surface area contributed by atoms with E-state index in [1.807, 2.05) is 19.0 Å². The summed E-state index contributed by atoms with van der Waals surface area (Å²) in [5.41, 5.74) is 0.858. The molecule has 0 aliphatic carbocycles. The Bertz CT molecular complexity index is 1320. The highest BCUT2D eigenvalue weighted by Gasteiger charge is 2.45. The third-order valence-corrected chi connectivity index (χ3v) is 6.23. The lowest BCUT2D eigenvalue weighted by atomic mass is 9.94. The number of furan rings is 1. The topological polar surface area (TPSA) is 102 Å². The SMILES string of the molecule is COc1cccc([C@H]2C(C(=O)c3cc4cccc(OC)c4o3)=C(O)C(=O)N2CCCN(C)C)c1OC. The van der Waals surface area contributed by atoms with Crippen LogP contribution in [0, 0.1) is 0 Å². The molecule has 1 aliphatic rings. The zero-order valence-corrected chi connectivity index (χ0v) is 21.0. The number of carbonyl (C=O) groups is 2. The van der Waals surface area contributed by atoms with E-state index in [0.717, 1.165) is 6.54 Å². The van der Waals surface area contributed by atoms with Crippen LogP contribution in [0.5, 0.6) is 17.2 Å². The van der Waals surface area contributed by atoms with Crippen molar-refractivity contribution in [3.63, 3.8) is 0 Å². The summed E-state index contributed by atoms with van der Waals surface area (Å²) in [4.78, 5) is 30.6. The first-order chi connectivity index (χ1) is 17.3. The number of carbonyl (C=O) groups excluding carboxylic acids is 2. The van der Waals surface area contributed by atoms with Crippen LogP contribution in [-0.4, -0.2) is 75.1 Å². The molecule has 2 aromatic carbocycles. The van der Waals surface area contributed by atoms with Gasteiger partial charge in [0.05, 0.1) is 32.9 Å². The molecule has 1 amide bonds. The van der Waals surface area contributed by atoms with Crippen LogP contribution in [0.15, 0.2) is 58.2 Å². The van der Waals surface area contributed by atoms with E-state index in [1.165, 1.54) is 26.2 Å². The van der Waals surface area contributed by atoms with Crippen LogP contribution in [0.2, 0.25) is 0 Å². The number of para-hydroxylation sites is 2. The monoisotopic (exact) mass is 494 g/mol. The van der Waals surface area contributed by atoms with Gasteiger partial charge in [-0.1, -0.05) is 24.3 Å². The van der Waals surface area contributed by atoms with Crippen LogP contribution in [0.1, 0.15) is 28.6 Å². The van der Waals surface area contributed by atoms with Gasteiger partial charge in [-0.25, -0.2) is 0 Å². The van der Waals surface area contributed by atoms with Crippen LogP contribution in [-0.2, 0) is 4.79 Å². The van der Waals surface area contributed by atoms with Gasteiger partial charge in [0, 0.05) is 17.5 Å². The number of ketones is 1. The summed E-state index contributed by atoms with van der Waals surface area (Å²) in [5.74, 6) is -0.532. The van der Waals surface area contributed by atoms with Gasteiger partial charge < -0.3 is 33.5 Å². The highest BCUT2D eigenvalue weighted by molar-refractivity contribution is 6.16. The minimum Gasteiger partial charge on any atom is -0.503 e. The Morgan fingerprint density at radius 1 is 1.06 bits per heavy atom. The molecule has 1 aliphatic heterocycles. The lowest BCUT2D eigenvalue weighted by Gasteiger charge is -2.28. The van der Waals surface area contributed by atoms with Gasteiger partial charge in [0.2, 0.25) is 5.78 Å². The summed E-state index contributed by atoms with van der Waals surface area (Å²) >= 11 is 0. The number of Topliss-reactive ketones (excluding diaryl/α,β-unsaturated/α-hetero) is 1. The number of rotatable bonds is 10. The second-order valence-corrected chi connectivity index (χ2v) is 8.72. The average Bonchev–Trinajstić information content (AvgIpc) is 3.42. The number of methoxy groups -OCH3 is 3. The van der Waals surface area contributed by atoms with Crippen LogP contribution < -0.4 is 14.2 Å². The van der Waals surface area contributed by atoms with Crippen molar-refractivity contribution in [2.45, 2.75) is 12.5 Å². The smallest absolute Gasteiger partial charge is 0.290 e. The summed E-state index contributed by atoms with van der Waals surface area (Å²) in [6.07, 6.45) is 0.637. The minimum atomic E-state index is -0.896. The van der Waals surface area contributed by atoms with E-state index in [2.05, 4.69) is 0 Å². The van der Waals surface area contributed by atoms with E-state index in [4.69, 9.17) is 18.6 Å². The van der Waals surface area contributed by atoms with Crippen molar-refractivity contribution in [3.05, 3.63) is 65.1 Å². The summed E-state index contributed by atoms with van der Waals surface area (Å²) in [7, 11) is 8.39. The highest BCUT2D eigenvalue weighted by atomic mass is 16.5. The first-order valence-electron chi connectivity index (χ1n) is 11.5. The van der Waals surface area contributed by atoms with E-state index < -0.39 is 23.5 Å². The molecule has 0 fully saturated rings. The summed E-state index contributed by atoms with van der Waals surface area (Å²) in [6, 6.07) is 11.2. The fourth-order valence-corrected chi connectivity index (χ4v) is 4.57. The third-order valence-electron chi connectivity index (χ3n) is 6.23. The number of hydrogen-bond donors (Lipinski definition) is 1. The molecule has 0 radical (unpaired) electrons. The van der Waals surface area contributed by atoms with Crippen molar-refractivity contribution in [3.8, 4) is 17.2 Å². The second-order valence-electron chi connectivity index (χ2n) is 8.72. The molecule has 0 bridgehead atoms. The third kappa shape index (κ3) is 4.37. The number of hydrogen-bond acceptors (Lipinski definition) is 8. The van der Waals surface area contributed by atoms with Crippen molar-refractivity contribution >= 4 is 22.7 Å². The van der Waals surface area contributed by atoms with Gasteiger partial charge in [0.25, 0.3) is 5.91 Å². The van der Waals surface area contributed by atoms with Gasteiger partial charge in [-0.2, -0.15) is 0 Å². The van der Waals surface area contributed by atoms with Crippen molar-refractivity contribution < 1.29 is 33.3 Å². The number of fused-ring (bicyclic) bond motifs is 1. The van der Waals surface area contributed by atoms with Crippen molar-refractivity contribution in [2.75, 3.05) is 48.5 Å². The Labute approximate surface area is 209 Å². The Kier molecular flexibility index (Phi) is 7.21. The molecule has 36 heavy (non-hydrogen) atoms. The number of aliphatic hydroxyl groups is 1. The predicted molar refractivity (Wildman–Crippen MR) is 134 cm³/mol. The number of ether oxygens (including phenoxy) is 3. The van der Waals surface area contributed by atoms with Crippen molar-refractivity contribution in [1.29, 1.82) is 0 Å². The molecular weight excluding hydrogens is 464 g/mol. The Morgan fingerprint density at radius 2 is 1.75 bits per heavy atom. The summed E-state index contributed by atoms with van der Waals surface area (Å²) in [5, 5.41) is 11.7. The highest BCUT2D eigenvalue weighted by Crippen LogP contribution is 2.45. The summed E-state index contributed by atoms with van der Waals surface area (Å²) in [6.45, 7) is 1.04. The number of aliphatic hydroxyl groups excluding tert-OH is 1. The van der Waals surface area contributed by atoms with E-state index in [0.29, 0.717) is 46.7 Å². The molecule has 0 unspecified atom stereocenters. The molecule has 3 aromatic rings.